The molecule has 1 saturated carbocycles. The van der Waals surface area contributed by atoms with Crippen LogP contribution in [0.5, 0.6) is 11.5 Å². The number of fused-ring (bicyclic) bond motifs is 1. The van der Waals surface area contributed by atoms with Gasteiger partial charge in [0.25, 0.3) is 0 Å². The zero-order valence-corrected chi connectivity index (χ0v) is 19.4. The summed E-state index contributed by atoms with van der Waals surface area (Å²) in [5.41, 5.74) is 1.22. The number of aromatic nitrogens is 3. The van der Waals surface area contributed by atoms with Gasteiger partial charge in [-0.1, -0.05) is 18.6 Å². The fourth-order valence-corrected chi connectivity index (χ4v) is 4.06. The molecule has 0 unspecified atom stereocenters. The lowest BCUT2D eigenvalue weighted by atomic mass is 9.86. The van der Waals surface area contributed by atoms with Gasteiger partial charge in [-0.2, -0.15) is 14.0 Å². The summed E-state index contributed by atoms with van der Waals surface area (Å²) in [4.78, 5) is 8.68. The summed E-state index contributed by atoms with van der Waals surface area (Å²) in [5, 5.41) is 9.08. The van der Waals surface area contributed by atoms with Gasteiger partial charge in [0.1, 0.15) is 17.7 Å². The van der Waals surface area contributed by atoms with E-state index in [0.29, 0.717) is 29.5 Å². The molecule has 1 fully saturated rings. The zero-order valence-electron chi connectivity index (χ0n) is 19.4. The van der Waals surface area contributed by atoms with E-state index in [-0.39, 0.29) is 28.4 Å². The maximum absolute atomic E-state index is 14.1. The van der Waals surface area contributed by atoms with Crippen LogP contribution in [0.4, 0.5) is 17.6 Å². The summed E-state index contributed by atoms with van der Waals surface area (Å²) in [6.07, 6.45) is 7.65. The van der Waals surface area contributed by atoms with Crippen LogP contribution in [0.3, 0.4) is 0 Å². The Balaban J connectivity index is 1.58. The Bertz CT molecular complexity index is 1510. The molecule has 4 aromatic rings. The van der Waals surface area contributed by atoms with Gasteiger partial charge in [-0.05, 0) is 49.1 Å². The molecular weight excluding hydrogens is 488 g/mol. The molecule has 0 N–H and O–H groups in total. The van der Waals surface area contributed by atoms with E-state index in [2.05, 4.69) is 14.7 Å². The Kier molecular flexibility index (Phi) is 6.77. The number of benzene rings is 2. The van der Waals surface area contributed by atoms with Crippen LogP contribution in [0.2, 0.25) is 0 Å². The van der Waals surface area contributed by atoms with Gasteiger partial charge in [0.05, 0.1) is 23.2 Å². The number of halogens is 4. The van der Waals surface area contributed by atoms with Crippen molar-refractivity contribution in [2.24, 2.45) is 5.92 Å². The molecule has 37 heavy (non-hydrogen) atoms. The van der Waals surface area contributed by atoms with E-state index in [1.807, 2.05) is 6.07 Å². The highest BCUT2D eigenvalue weighted by Crippen LogP contribution is 2.36. The maximum Gasteiger partial charge on any atom is 0.387 e. The Morgan fingerprint density at radius 3 is 2.59 bits per heavy atom. The second kappa shape index (κ2) is 10.3. The number of nitriles is 1. The smallest absolute Gasteiger partial charge is 0.387 e. The van der Waals surface area contributed by atoms with Gasteiger partial charge in [-0.25, -0.2) is 18.7 Å². The first kappa shape index (κ1) is 24.3. The number of hydrogen-bond acceptors (Lipinski definition) is 5. The second-order valence-electron chi connectivity index (χ2n) is 8.57. The van der Waals surface area contributed by atoms with Crippen molar-refractivity contribution in [3.05, 3.63) is 77.2 Å². The standard InChI is InChI=1S/C27H20F4N4O2/c28-19-11-21-22(12-20(19)29)35(24-9-7-17(13-32)14-33-24)25(34-21)10-8-18-5-2-6-23(37-27(30)31)26(18)36-15-16-3-1-4-16/h2,5-12,14,16,27H,1,3-4,15H2/b10-8+. The van der Waals surface area contributed by atoms with Crippen LogP contribution < -0.4 is 9.47 Å². The largest absolute Gasteiger partial charge is 0.489 e. The lowest BCUT2D eigenvalue weighted by Crippen LogP contribution is -2.20. The van der Waals surface area contributed by atoms with Crippen molar-refractivity contribution >= 4 is 23.2 Å². The SMILES string of the molecule is N#Cc1ccc(-n2c(/C=C/c3cccc(OC(F)F)c3OCC3CCC3)nc3cc(F)c(F)cc32)nc1. The summed E-state index contributed by atoms with van der Waals surface area (Å²) in [6, 6.07) is 11.7. The fourth-order valence-electron chi connectivity index (χ4n) is 4.06. The second-order valence-corrected chi connectivity index (χ2v) is 8.57. The topological polar surface area (TPSA) is 73.0 Å². The van der Waals surface area contributed by atoms with Gasteiger partial charge >= 0.3 is 6.61 Å². The highest BCUT2D eigenvalue weighted by Gasteiger charge is 2.21. The molecule has 5 rings (SSSR count). The Morgan fingerprint density at radius 2 is 1.92 bits per heavy atom. The van der Waals surface area contributed by atoms with Gasteiger partial charge in [0, 0.05) is 23.9 Å². The van der Waals surface area contributed by atoms with E-state index in [1.54, 1.807) is 36.4 Å². The molecule has 0 atom stereocenters. The molecule has 10 heteroatoms. The maximum atomic E-state index is 14.1. The minimum atomic E-state index is -3.03. The van der Waals surface area contributed by atoms with E-state index < -0.39 is 18.2 Å². The molecule has 2 aromatic carbocycles. The van der Waals surface area contributed by atoms with Crippen molar-refractivity contribution in [1.29, 1.82) is 5.26 Å². The minimum absolute atomic E-state index is 0.0946. The third-order valence-corrected chi connectivity index (χ3v) is 6.15. The molecule has 188 valence electrons. The number of alkyl halides is 2. The van der Waals surface area contributed by atoms with Gasteiger partial charge in [0.15, 0.2) is 23.1 Å². The van der Waals surface area contributed by atoms with Crippen LogP contribution >= 0.6 is 0 Å². The number of ether oxygens (including phenoxy) is 2. The zero-order chi connectivity index (χ0) is 25.9. The van der Waals surface area contributed by atoms with E-state index in [9.17, 15) is 17.6 Å². The lowest BCUT2D eigenvalue weighted by molar-refractivity contribution is -0.0517. The summed E-state index contributed by atoms with van der Waals surface area (Å²) >= 11 is 0. The summed E-state index contributed by atoms with van der Waals surface area (Å²) in [7, 11) is 0. The average molecular weight is 508 g/mol. The molecule has 2 aromatic heterocycles. The van der Waals surface area contributed by atoms with Crippen LogP contribution in [-0.4, -0.2) is 27.8 Å². The number of pyridine rings is 1. The van der Waals surface area contributed by atoms with E-state index >= 15 is 0 Å². The molecule has 0 saturated heterocycles. The van der Waals surface area contributed by atoms with Crippen molar-refractivity contribution in [2.45, 2.75) is 25.9 Å². The van der Waals surface area contributed by atoms with Crippen LogP contribution in [0.1, 0.15) is 36.2 Å². The van der Waals surface area contributed by atoms with Gasteiger partial charge in [-0.15, -0.1) is 0 Å². The quantitative estimate of drug-likeness (QED) is 0.253. The van der Waals surface area contributed by atoms with Crippen molar-refractivity contribution < 1.29 is 27.0 Å². The number of imidazole rings is 1. The highest BCUT2D eigenvalue weighted by atomic mass is 19.3. The Labute approximate surface area is 209 Å². The average Bonchev–Trinajstić information content (AvgIpc) is 3.19. The molecule has 0 radical (unpaired) electrons. The number of hydrogen-bond donors (Lipinski definition) is 0. The van der Waals surface area contributed by atoms with Gasteiger partial charge in [0.2, 0.25) is 0 Å². The van der Waals surface area contributed by atoms with E-state index in [0.717, 1.165) is 31.4 Å². The van der Waals surface area contributed by atoms with Crippen LogP contribution in [0.15, 0.2) is 48.7 Å². The molecular formula is C27H20F4N4O2. The molecule has 1 aliphatic carbocycles. The number of nitrogens with zero attached hydrogens (tertiary/aromatic N) is 4. The molecule has 0 amide bonds. The normalized spacial score (nSPS) is 13.7. The molecule has 0 spiro atoms. The summed E-state index contributed by atoms with van der Waals surface area (Å²) < 4.78 is 66.2. The molecule has 1 aliphatic rings. The fraction of sp³-hybridized carbons (Fsp3) is 0.222. The Hall–Kier alpha value is -4.39. The van der Waals surface area contributed by atoms with Crippen LogP contribution in [0.25, 0.3) is 29.0 Å². The summed E-state index contributed by atoms with van der Waals surface area (Å²) in [6.45, 7) is -2.65. The molecule has 2 heterocycles. The lowest BCUT2D eigenvalue weighted by Gasteiger charge is -2.26. The summed E-state index contributed by atoms with van der Waals surface area (Å²) in [5.74, 6) is -1.09. The van der Waals surface area contributed by atoms with Crippen molar-refractivity contribution in [1.82, 2.24) is 14.5 Å². The first-order valence-corrected chi connectivity index (χ1v) is 11.6. The predicted molar refractivity (Wildman–Crippen MR) is 128 cm³/mol. The highest BCUT2D eigenvalue weighted by molar-refractivity contribution is 5.82. The predicted octanol–water partition coefficient (Wildman–Crippen LogP) is 6.52. The molecule has 0 bridgehead atoms. The third-order valence-electron chi connectivity index (χ3n) is 6.15. The van der Waals surface area contributed by atoms with Crippen molar-refractivity contribution in [3.63, 3.8) is 0 Å². The Morgan fingerprint density at radius 1 is 1.11 bits per heavy atom. The third kappa shape index (κ3) is 5.11. The first-order valence-electron chi connectivity index (χ1n) is 11.6. The first-order chi connectivity index (χ1) is 17.9. The van der Waals surface area contributed by atoms with Crippen molar-refractivity contribution in [3.8, 4) is 23.4 Å². The number of para-hydroxylation sites is 1. The van der Waals surface area contributed by atoms with E-state index in [1.165, 1.54) is 16.8 Å². The van der Waals surface area contributed by atoms with Crippen LogP contribution in [-0.2, 0) is 0 Å². The monoisotopic (exact) mass is 508 g/mol. The van der Waals surface area contributed by atoms with E-state index in [4.69, 9.17) is 10.00 Å². The minimum Gasteiger partial charge on any atom is -0.489 e. The van der Waals surface area contributed by atoms with Gasteiger partial charge < -0.3 is 9.47 Å². The van der Waals surface area contributed by atoms with Crippen LogP contribution in [0, 0.1) is 28.9 Å². The molecule has 0 aliphatic heterocycles. The van der Waals surface area contributed by atoms with Crippen molar-refractivity contribution in [2.75, 3.05) is 6.61 Å². The number of rotatable bonds is 8. The molecule has 6 nitrogen and oxygen atoms in total. The van der Waals surface area contributed by atoms with Gasteiger partial charge in [-0.3, -0.25) is 4.57 Å².